The Morgan fingerprint density at radius 2 is 2.35 bits per heavy atom. The van der Waals surface area contributed by atoms with Gasteiger partial charge in [0, 0.05) is 36.1 Å². The Kier molecular flexibility index (Phi) is 3.57. The van der Waals surface area contributed by atoms with Gasteiger partial charge in [0.25, 0.3) is 0 Å². The van der Waals surface area contributed by atoms with Crippen LogP contribution in [0.4, 0.5) is 5.69 Å². The maximum atomic E-state index is 10.6. The number of fused-ring (bicyclic) bond motifs is 1. The van der Waals surface area contributed by atoms with Crippen molar-refractivity contribution < 1.29 is 9.90 Å². The Hall–Kier alpha value is -1.22. The Balaban J connectivity index is 2.22. The fraction of sp³-hybridized carbons (Fsp3) is 0.462. The van der Waals surface area contributed by atoms with Gasteiger partial charge in [0.05, 0.1) is 0 Å². The average Bonchev–Trinajstić information content (AvgIpc) is 2.63. The van der Waals surface area contributed by atoms with E-state index >= 15 is 0 Å². The first-order chi connectivity index (χ1) is 8.11. The maximum Gasteiger partial charge on any atom is 0.303 e. The highest BCUT2D eigenvalue weighted by Gasteiger charge is 2.27. The molecule has 0 spiro atoms. The molecule has 1 aliphatic rings. The quantitative estimate of drug-likeness (QED) is 0.896. The average molecular weight is 254 g/mol. The number of rotatable bonds is 4. The molecule has 0 bridgehead atoms. The largest absolute Gasteiger partial charge is 0.481 e. The third-order valence-corrected chi connectivity index (χ3v) is 3.53. The van der Waals surface area contributed by atoms with E-state index in [0.29, 0.717) is 12.3 Å². The van der Waals surface area contributed by atoms with E-state index in [4.69, 9.17) is 16.7 Å². The van der Waals surface area contributed by atoms with Crippen LogP contribution in [-0.2, 0) is 4.79 Å². The lowest BCUT2D eigenvalue weighted by molar-refractivity contribution is -0.137. The molecule has 2 rings (SSSR count). The fourth-order valence-electron chi connectivity index (χ4n) is 2.45. The van der Waals surface area contributed by atoms with Crippen molar-refractivity contribution in [1.29, 1.82) is 0 Å². The van der Waals surface area contributed by atoms with E-state index in [1.807, 2.05) is 18.2 Å². The fourth-order valence-corrected chi connectivity index (χ4v) is 2.63. The Bertz CT molecular complexity index is 433. The monoisotopic (exact) mass is 253 g/mol. The standard InChI is InChI=1S/C13H16ClNO2/c1-2-15-8-9(3-6-13(16)17)11-7-10(14)4-5-12(11)15/h4-5,7,9H,2-3,6,8H2,1H3,(H,16,17). The zero-order chi connectivity index (χ0) is 12.4. The molecule has 1 aromatic carbocycles. The Morgan fingerprint density at radius 3 is 3.00 bits per heavy atom. The van der Waals surface area contributed by atoms with E-state index < -0.39 is 5.97 Å². The normalized spacial score (nSPS) is 18.2. The van der Waals surface area contributed by atoms with Crippen molar-refractivity contribution in [2.75, 3.05) is 18.0 Å². The summed E-state index contributed by atoms with van der Waals surface area (Å²) in [5.74, 6) is -0.441. The highest BCUT2D eigenvalue weighted by molar-refractivity contribution is 6.30. The van der Waals surface area contributed by atoms with E-state index in [-0.39, 0.29) is 6.42 Å². The van der Waals surface area contributed by atoms with Crippen LogP contribution >= 0.6 is 11.6 Å². The minimum Gasteiger partial charge on any atom is -0.481 e. The van der Waals surface area contributed by atoms with E-state index in [1.54, 1.807) is 0 Å². The third-order valence-electron chi connectivity index (χ3n) is 3.30. The predicted molar refractivity (Wildman–Crippen MR) is 68.9 cm³/mol. The second-order valence-electron chi connectivity index (χ2n) is 4.37. The summed E-state index contributed by atoms with van der Waals surface area (Å²) in [7, 11) is 0. The van der Waals surface area contributed by atoms with Gasteiger partial charge in [-0.25, -0.2) is 0 Å². The van der Waals surface area contributed by atoms with Gasteiger partial charge in [0.1, 0.15) is 0 Å². The summed E-state index contributed by atoms with van der Waals surface area (Å²) in [6.07, 6.45) is 0.896. The van der Waals surface area contributed by atoms with E-state index in [9.17, 15) is 4.79 Å². The van der Waals surface area contributed by atoms with Gasteiger partial charge >= 0.3 is 5.97 Å². The topological polar surface area (TPSA) is 40.5 Å². The van der Waals surface area contributed by atoms with Gasteiger partial charge in [-0.15, -0.1) is 0 Å². The van der Waals surface area contributed by atoms with Gasteiger partial charge in [-0.1, -0.05) is 11.6 Å². The van der Waals surface area contributed by atoms with Gasteiger partial charge in [0.2, 0.25) is 0 Å². The van der Waals surface area contributed by atoms with Crippen molar-refractivity contribution in [2.45, 2.75) is 25.7 Å². The summed E-state index contributed by atoms with van der Waals surface area (Å²) in [5.41, 5.74) is 2.40. The molecule has 1 atom stereocenters. The lowest BCUT2D eigenvalue weighted by Gasteiger charge is -2.16. The number of nitrogens with zero attached hydrogens (tertiary/aromatic N) is 1. The summed E-state index contributed by atoms with van der Waals surface area (Å²) in [5, 5.41) is 9.48. The maximum absolute atomic E-state index is 10.6. The predicted octanol–water partition coefficient (Wildman–Crippen LogP) is 3.13. The van der Waals surface area contributed by atoms with Gasteiger partial charge in [-0.3, -0.25) is 4.79 Å². The number of carboxylic acids is 1. The summed E-state index contributed by atoms with van der Waals surface area (Å²) in [6, 6.07) is 5.89. The highest BCUT2D eigenvalue weighted by Crippen LogP contribution is 2.39. The number of anilines is 1. The number of hydrogen-bond donors (Lipinski definition) is 1. The first-order valence-electron chi connectivity index (χ1n) is 5.88. The van der Waals surface area contributed by atoms with E-state index in [0.717, 1.165) is 18.1 Å². The molecule has 92 valence electrons. The molecule has 0 saturated carbocycles. The smallest absolute Gasteiger partial charge is 0.303 e. The third kappa shape index (κ3) is 2.55. The lowest BCUT2D eigenvalue weighted by Crippen LogP contribution is -2.21. The molecule has 1 aliphatic heterocycles. The molecular weight excluding hydrogens is 238 g/mol. The molecule has 1 heterocycles. The van der Waals surface area contributed by atoms with Crippen molar-refractivity contribution >= 4 is 23.3 Å². The zero-order valence-electron chi connectivity index (χ0n) is 9.82. The molecule has 0 saturated heterocycles. The number of likely N-dealkylation sites (N-methyl/N-ethyl adjacent to an activating group) is 1. The van der Waals surface area contributed by atoms with Gasteiger partial charge in [0.15, 0.2) is 0 Å². The summed E-state index contributed by atoms with van der Waals surface area (Å²) < 4.78 is 0. The second kappa shape index (κ2) is 4.96. The molecule has 0 aliphatic carbocycles. The second-order valence-corrected chi connectivity index (χ2v) is 4.81. The van der Waals surface area contributed by atoms with Crippen LogP contribution in [-0.4, -0.2) is 24.2 Å². The SMILES string of the molecule is CCN1CC(CCC(=O)O)c2cc(Cl)ccc21. The van der Waals surface area contributed by atoms with Crippen LogP contribution in [0, 0.1) is 0 Å². The lowest BCUT2D eigenvalue weighted by atomic mass is 9.96. The minimum absolute atomic E-state index is 0.216. The van der Waals surface area contributed by atoms with Crippen LogP contribution < -0.4 is 4.90 Å². The number of aliphatic carboxylic acids is 1. The molecule has 0 radical (unpaired) electrons. The van der Waals surface area contributed by atoms with Crippen molar-refractivity contribution in [3.05, 3.63) is 28.8 Å². The number of benzene rings is 1. The molecule has 0 fully saturated rings. The molecule has 0 amide bonds. The van der Waals surface area contributed by atoms with E-state index in [1.165, 1.54) is 11.3 Å². The van der Waals surface area contributed by atoms with Gasteiger partial charge in [-0.05, 0) is 37.1 Å². The van der Waals surface area contributed by atoms with Crippen molar-refractivity contribution in [3.8, 4) is 0 Å². The van der Waals surface area contributed by atoms with Crippen LogP contribution in [0.15, 0.2) is 18.2 Å². The van der Waals surface area contributed by atoms with Crippen molar-refractivity contribution in [2.24, 2.45) is 0 Å². The number of carbonyl (C=O) groups is 1. The van der Waals surface area contributed by atoms with Crippen LogP contribution in [0.3, 0.4) is 0 Å². The molecule has 3 nitrogen and oxygen atoms in total. The Labute approximate surface area is 106 Å². The molecular formula is C13H16ClNO2. The molecule has 1 aromatic rings. The van der Waals surface area contributed by atoms with Crippen molar-refractivity contribution in [1.82, 2.24) is 0 Å². The van der Waals surface area contributed by atoms with Crippen LogP contribution in [0.1, 0.15) is 31.2 Å². The van der Waals surface area contributed by atoms with Crippen LogP contribution in [0.25, 0.3) is 0 Å². The number of carboxylic acid groups (broad SMARTS) is 1. The first kappa shape index (κ1) is 12.2. The molecule has 17 heavy (non-hydrogen) atoms. The van der Waals surface area contributed by atoms with Crippen LogP contribution in [0.2, 0.25) is 5.02 Å². The molecule has 4 heteroatoms. The van der Waals surface area contributed by atoms with E-state index in [2.05, 4.69) is 11.8 Å². The van der Waals surface area contributed by atoms with Gasteiger partial charge < -0.3 is 10.0 Å². The molecule has 0 aromatic heterocycles. The molecule has 1 unspecified atom stereocenters. The van der Waals surface area contributed by atoms with Crippen LogP contribution in [0.5, 0.6) is 0 Å². The summed E-state index contributed by atoms with van der Waals surface area (Å²) in [6.45, 7) is 3.95. The number of halogens is 1. The summed E-state index contributed by atoms with van der Waals surface area (Å²) >= 11 is 6.01. The molecule has 1 N–H and O–H groups in total. The van der Waals surface area contributed by atoms with Gasteiger partial charge in [-0.2, -0.15) is 0 Å². The minimum atomic E-state index is -0.733. The number of hydrogen-bond acceptors (Lipinski definition) is 2. The van der Waals surface area contributed by atoms with Crippen molar-refractivity contribution in [3.63, 3.8) is 0 Å². The highest BCUT2D eigenvalue weighted by atomic mass is 35.5. The summed E-state index contributed by atoms with van der Waals surface area (Å²) in [4.78, 5) is 12.9. The first-order valence-corrected chi connectivity index (χ1v) is 6.25. The Morgan fingerprint density at radius 1 is 1.59 bits per heavy atom. The zero-order valence-corrected chi connectivity index (χ0v) is 10.6.